The van der Waals surface area contributed by atoms with Gasteiger partial charge in [-0.1, -0.05) is 12.1 Å². The van der Waals surface area contributed by atoms with Crippen LogP contribution in [0.4, 0.5) is 17.5 Å². The number of anilines is 3. The van der Waals surface area contributed by atoms with Crippen LogP contribution < -0.4 is 15.0 Å². The van der Waals surface area contributed by atoms with Crippen LogP contribution in [0.5, 0.6) is 5.75 Å². The Hall–Kier alpha value is -4.18. The highest BCUT2D eigenvalue weighted by molar-refractivity contribution is 5.83. The molecule has 1 aliphatic rings. The predicted molar refractivity (Wildman–Crippen MR) is 123 cm³/mol. The van der Waals surface area contributed by atoms with Crippen molar-refractivity contribution >= 4 is 34.8 Å². The zero-order valence-corrected chi connectivity index (χ0v) is 17.7. The molecule has 10 heteroatoms. The molecule has 33 heavy (non-hydrogen) atoms. The van der Waals surface area contributed by atoms with Crippen molar-refractivity contribution < 1.29 is 19.0 Å². The van der Waals surface area contributed by atoms with E-state index in [9.17, 15) is 4.79 Å². The number of hydrogen-bond donors (Lipinski definition) is 2. The van der Waals surface area contributed by atoms with E-state index < -0.39 is 0 Å². The van der Waals surface area contributed by atoms with Crippen LogP contribution in [0.15, 0.2) is 54.7 Å². The number of ether oxygens (including phenoxy) is 3. The Balaban J connectivity index is 1.48. The highest BCUT2D eigenvalue weighted by Crippen LogP contribution is 2.28. The van der Waals surface area contributed by atoms with E-state index in [2.05, 4.69) is 25.2 Å². The van der Waals surface area contributed by atoms with Gasteiger partial charge in [0, 0.05) is 35.8 Å². The first kappa shape index (κ1) is 20.7. The van der Waals surface area contributed by atoms with Gasteiger partial charge in [0.2, 0.25) is 12.7 Å². The molecule has 1 fully saturated rings. The van der Waals surface area contributed by atoms with E-state index in [1.54, 1.807) is 12.3 Å². The molecule has 0 spiro atoms. The summed E-state index contributed by atoms with van der Waals surface area (Å²) < 4.78 is 15.6. The Bertz CT molecular complexity index is 1250. The summed E-state index contributed by atoms with van der Waals surface area (Å²) in [5, 5.41) is 11.4. The molecule has 5 rings (SSSR count). The van der Waals surface area contributed by atoms with Crippen molar-refractivity contribution in [3.8, 4) is 17.0 Å². The highest BCUT2D eigenvalue weighted by Gasteiger charge is 2.17. The number of rotatable bonds is 8. The summed E-state index contributed by atoms with van der Waals surface area (Å²) in [6, 6.07) is 15.3. The second-order valence-electron chi connectivity index (χ2n) is 7.39. The summed E-state index contributed by atoms with van der Waals surface area (Å²) in [7, 11) is 0. The molecule has 0 unspecified atom stereocenters. The minimum Gasteiger partial charge on any atom is -0.457 e. The molecule has 2 N–H and O–H groups in total. The fourth-order valence-corrected chi connectivity index (χ4v) is 3.59. The van der Waals surface area contributed by atoms with E-state index in [-0.39, 0.29) is 6.79 Å². The zero-order valence-electron chi connectivity index (χ0n) is 17.7. The molecule has 1 saturated heterocycles. The summed E-state index contributed by atoms with van der Waals surface area (Å²) in [6.07, 6.45) is 1.78. The van der Waals surface area contributed by atoms with E-state index in [4.69, 9.17) is 19.4 Å². The molecule has 0 saturated carbocycles. The lowest BCUT2D eigenvalue weighted by Gasteiger charge is -2.27. The molecule has 0 aliphatic carbocycles. The topological polar surface area (TPSA) is 114 Å². The Morgan fingerprint density at radius 3 is 2.91 bits per heavy atom. The molecule has 10 nitrogen and oxygen atoms in total. The largest absolute Gasteiger partial charge is 0.457 e. The Labute approximate surface area is 189 Å². The molecule has 0 atom stereocenters. The van der Waals surface area contributed by atoms with Gasteiger partial charge in [-0.3, -0.25) is 9.89 Å². The summed E-state index contributed by atoms with van der Waals surface area (Å²) in [4.78, 5) is 22.1. The average Bonchev–Trinajstić information content (AvgIpc) is 3.33. The van der Waals surface area contributed by atoms with E-state index in [1.807, 2.05) is 42.5 Å². The lowest BCUT2D eigenvalue weighted by atomic mass is 10.1. The molecule has 3 heterocycles. The van der Waals surface area contributed by atoms with Crippen molar-refractivity contribution in [2.45, 2.75) is 0 Å². The summed E-state index contributed by atoms with van der Waals surface area (Å²) in [6.45, 7) is 2.90. The molecule has 1 aliphatic heterocycles. The maximum Gasteiger partial charge on any atom is 0.295 e. The Kier molecular flexibility index (Phi) is 5.98. The lowest BCUT2D eigenvalue weighted by molar-refractivity contribution is -0.134. The van der Waals surface area contributed by atoms with Gasteiger partial charge in [0.1, 0.15) is 11.6 Å². The SMILES string of the molecule is O=COCOc1cccc(-c2cc(Nc3ccc4[nH]ncc4c3)nc(N3CCOCC3)n2)c1. The van der Waals surface area contributed by atoms with Crippen LogP contribution in [0.3, 0.4) is 0 Å². The predicted octanol–water partition coefficient (Wildman–Crippen LogP) is 3.11. The smallest absolute Gasteiger partial charge is 0.295 e. The number of carbonyl (C=O) groups is 1. The maximum absolute atomic E-state index is 10.4. The van der Waals surface area contributed by atoms with E-state index in [0.29, 0.717) is 37.2 Å². The van der Waals surface area contributed by atoms with Gasteiger partial charge >= 0.3 is 0 Å². The van der Waals surface area contributed by atoms with Crippen LogP contribution in [-0.2, 0) is 14.3 Å². The van der Waals surface area contributed by atoms with E-state index in [1.165, 1.54) is 0 Å². The third kappa shape index (κ3) is 4.85. The zero-order chi connectivity index (χ0) is 22.5. The van der Waals surface area contributed by atoms with Crippen molar-refractivity contribution in [2.75, 3.05) is 43.3 Å². The number of fused-ring (bicyclic) bond motifs is 1. The van der Waals surface area contributed by atoms with Crippen LogP contribution in [0.2, 0.25) is 0 Å². The van der Waals surface area contributed by atoms with Gasteiger partial charge in [-0.05, 0) is 30.3 Å². The molecule has 0 amide bonds. The third-order valence-corrected chi connectivity index (χ3v) is 5.21. The molecule has 0 radical (unpaired) electrons. The van der Waals surface area contributed by atoms with Gasteiger partial charge in [0.15, 0.2) is 0 Å². The fraction of sp³-hybridized carbons (Fsp3) is 0.217. The second-order valence-corrected chi connectivity index (χ2v) is 7.39. The van der Waals surface area contributed by atoms with Crippen molar-refractivity contribution in [1.29, 1.82) is 0 Å². The summed E-state index contributed by atoms with van der Waals surface area (Å²) in [5.41, 5.74) is 3.45. The highest BCUT2D eigenvalue weighted by atomic mass is 16.7. The first-order valence-electron chi connectivity index (χ1n) is 10.5. The Morgan fingerprint density at radius 1 is 1.12 bits per heavy atom. The molecule has 2 aromatic carbocycles. The number of aromatic amines is 1. The number of benzene rings is 2. The maximum atomic E-state index is 10.4. The van der Waals surface area contributed by atoms with Gasteiger partial charge in [-0.25, -0.2) is 4.98 Å². The first-order chi connectivity index (χ1) is 16.3. The molecular weight excluding hydrogens is 424 g/mol. The number of hydrogen-bond acceptors (Lipinski definition) is 9. The van der Waals surface area contributed by atoms with Crippen molar-refractivity contribution in [1.82, 2.24) is 20.2 Å². The molecule has 4 aromatic rings. The number of aromatic nitrogens is 4. The summed E-state index contributed by atoms with van der Waals surface area (Å²) in [5.74, 6) is 1.86. The van der Waals surface area contributed by atoms with Crippen molar-refractivity contribution in [3.05, 3.63) is 54.7 Å². The third-order valence-electron chi connectivity index (χ3n) is 5.21. The van der Waals surface area contributed by atoms with Gasteiger partial charge < -0.3 is 24.4 Å². The van der Waals surface area contributed by atoms with Crippen LogP contribution in [0, 0.1) is 0 Å². The molecule has 2 aromatic heterocycles. The Morgan fingerprint density at radius 2 is 2.03 bits per heavy atom. The van der Waals surface area contributed by atoms with E-state index in [0.717, 1.165) is 40.9 Å². The van der Waals surface area contributed by atoms with Crippen LogP contribution in [-0.4, -0.2) is 59.7 Å². The fourth-order valence-electron chi connectivity index (χ4n) is 3.59. The van der Waals surface area contributed by atoms with E-state index >= 15 is 0 Å². The second kappa shape index (κ2) is 9.53. The number of nitrogens with one attached hydrogen (secondary N) is 2. The number of H-pyrrole nitrogens is 1. The van der Waals surface area contributed by atoms with Gasteiger partial charge in [0.25, 0.3) is 6.47 Å². The minimum absolute atomic E-state index is 0.154. The van der Waals surface area contributed by atoms with Gasteiger partial charge in [0.05, 0.1) is 30.6 Å². The normalized spacial score (nSPS) is 13.6. The minimum atomic E-state index is -0.154. The number of nitrogens with zero attached hydrogens (tertiary/aromatic N) is 4. The van der Waals surface area contributed by atoms with Gasteiger partial charge in [-0.2, -0.15) is 10.1 Å². The number of carbonyl (C=O) groups excluding carboxylic acids is 1. The lowest BCUT2D eigenvalue weighted by Crippen LogP contribution is -2.37. The molecule has 168 valence electrons. The van der Waals surface area contributed by atoms with Gasteiger partial charge in [-0.15, -0.1) is 0 Å². The monoisotopic (exact) mass is 446 g/mol. The van der Waals surface area contributed by atoms with Crippen LogP contribution in [0.25, 0.3) is 22.2 Å². The standard InChI is InChI=1S/C23H22N6O4/c30-14-32-15-33-19-3-1-2-16(11-19)21-12-22(27-23(26-21)29-6-8-31-9-7-29)25-18-4-5-20-17(10-18)13-24-28-20/h1-5,10-14H,6-9,15H2,(H,24,28)(H,25,26,27). The van der Waals surface area contributed by atoms with Crippen molar-refractivity contribution in [3.63, 3.8) is 0 Å². The summed E-state index contributed by atoms with van der Waals surface area (Å²) >= 11 is 0. The van der Waals surface area contributed by atoms with Crippen molar-refractivity contribution in [2.24, 2.45) is 0 Å². The number of morpholine rings is 1. The van der Waals surface area contributed by atoms with Crippen LogP contribution >= 0.6 is 0 Å². The first-order valence-corrected chi connectivity index (χ1v) is 10.5. The van der Waals surface area contributed by atoms with Crippen LogP contribution in [0.1, 0.15) is 0 Å². The quantitative estimate of drug-likeness (QED) is 0.239. The molecular formula is C23H22N6O4. The molecule has 0 bridgehead atoms. The average molecular weight is 446 g/mol.